The average Bonchev–Trinajstić information content (AvgIpc) is 3.46. The number of rotatable bonds is 6. The molecule has 2 atom stereocenters. The molecule has 4 heterocycles. The molecule has 2 aliphatic heterocycles. The van der Waals surface area contributed by atoms with Crippen LogP contribution in [0.25, 0.3) is 0 Å². The summed E-state index contributed by atoms with van der Waals surface area (Å²) in [6.07, 6.45) is 4.91. The van der Waals surface area contributed by atoms with Crippen molar-refractivity contribution in [1.29, 1.82) is 0 Å². The van der Waals surface area contributed by atoms with Gasteiger partial charge in [0, 0.05) is 34.3 Å². The number of halogens is 3. The average molecular weight is 501 g/mol. The maximum atomic E-state index is 14.0. The standard InChI is InChI=1S/C28H31F3N2OS/c1-18-4-5-21(15-32-18)27(2,3)33-11-10-28(17-33,9-8-22-6-7-26(31)35-22)25-14-19-12-23(29)24(30)13-20(19)16-34-25/h4-7,12-13,15,25H,8-11,14,16-17H2,1-3H3. The second-order valence-corrected chi connectivity index (χ2v) is 11.6. The molecule has 0 radical (unpaired) electrons. The molecule has 7 heteroatoms. The van der Waals surface area contributed by atoms with Crippen LogP contribution in [0.5, 0.6) is 0 Å². The van der Waals surface area contributed by atoms with Gasteiger partial charge in [0.05, 0.1) is 12.7 Å². The molecule has 2 aliphatic rings. The highest BCUT2D eigenvalue weighted by Crippen LogP contribution is 2.47. The maximum absolute atomic E-state index is 14.0. The van der Waals surface area contributed by atoms with E-state index in [9.17, 15) is 13.2 Å². The van der Waals surface area contributed by atoms with Gasteiger partial charge in [0.2, 0.25) is 0 Å². The Morgan fingerprint density at radius 2 is 1.89 bits per heavy atom. The lowest BCUT2D eigenvalue weighted by atomic mass is 9.73. The van der Waals surface area contributed by atoms with Gasteiger partial charge in [0.25, 0.3) is 0 Å². The minimum Gasteiger partial charge on any atom is -0.373 e. The van der Waals surface area contributed by atoms with E-state index in [4.69, 9.17) is 4.74 Å². The van der Waals surface area contributed by atoms with Crippen molar-refractivity contribution in [2.24, 2.45) is 5.41 Å². The van der Waals surface area contributed by atoms with Gasteiger partial charge in [0.1, 0.15) is 0 Å². The van der Waals surface area contributed by atoms with Gasteiger partial charge in [-0.1, -0.05) is 6.07 Å². The topological polar surface area (TPSA) is 25.4 Å². The summed E-state index contributed by atoms with van der Waals surface area (Å²) in [5.41, 5.74) is 3.28. The van der Waals surface area contributed by atoms with Gasteiger partial charge in [-0.2, -0.15) is 4.39 Å². The summed E-state index contributed by atoms with van der Waals surface area (Å²) in [6, 6.07) is 10.2. The molecule has 0 spiro atoms. The minimum atomic E-state index is -0.833. The van der Waals surface area contributed by atoms with Crippen molar-refractivity contribution >= 4 is 11.3 Å². The summed E-state index contributed by atoms with van der Waals surface area (Å²) >= 11 is 1.19. The van der Waals surface area contributed by atoms with E-state index in [0.717, 1.165) is 59.6 Å². The number of likely N-dealkylation sites (tertiary alicyclic amines) is 1. The fourth-order valence-corrected chi connectivity index (χ4v) is 6.39. The molecule has 2 aromatic heterocycles. The number of pyridine rings is 1. The molecule has 1 saturated heterocycles. The Morgan fingerprint density at radius 1 is 1.11 bits per heavy atom. The summed E-state index contributed by atoms with van der Waals surface area (Å²) < 4.78 is 47.9. The van der Waals surface area contributed by atoms with Crippen molar-refractivity contribution < 1.29 is 17.9 Å². The Balaban J connectivity index is 1.43. The van der Waals surface area contributed by atoms with Crippen LogP contribution < -0.4 is 0 Å². The maximum Gasteiger partial charge on any atom is 0.176 e. The highest BCUT2D eigenvalue weighted by molar-refractivity contribution is 7.10. The molecule has 186 valence electrons. The number of ether oxygens (including phenoxy) is 1. The molecular weight excluding hydrogens is 469 g/mol. The minimum absolute atomic E-state index is 0.124. The molecular formula is C28H31F3N2OS. The molecule has 0 aliphatic carbocycles. The first kappa shape index (κ1) is 24.5. The summed E-state index contributed by atoms with van der Waals surface area (Å²) in [7, 11) is 0. The number of nitrogens with zero attached hydrogens (tertiary/aromatic N) is 2. The third-order valence-electron chi connectivity index (χ3n) is 8.06. The van der Waals surface area contributed by atoms with Crippen LogP contribution in [-0.4, -0.2) is 29.1 Å². The highest BCUT2D eigenvalue weighted by atomic mass is 32.1. The lowest BCUT2D eigenvalue weighted by molar-refractivity contribution is -0.0630. The predicted octanol–water partition coefficient (Wildman–Crippen LogP) is 6.57. The van der Waals surface area contributed by atoms with E-state index in [-0.39, 0.29) is 28.8 Å². The van der Waals surface area contributed by atoms with Crippen LogP contribution in [0.2, 0.25) is 0 Å². The third-order valence-corrected chi connectivity index (χ3v) is 9.00. The van der Waals surface area contributed by atoms with E-state index in [1.54, 1.807) is 0 Å². The lowest BCUT2D eigenvalue weighted by Gasteiger charge is -2.42. The number of hydrogen-bond acceptors (Lipinski definition) is 4. The van der Waals surface area contributed by atoms with E-state index in [0.29, 0.717) is 6.42 Å². The molecule has 3 aromatic rings. The van der Waals surface area contributed by atoms with E-state index in [2.05, 4.69) is 29.8 Å². The molecule has 2 unspecified atom stereocenters. The van der Waals surface area contributed by atoms with Crippen LogP contribution in [0.3, 0.4) is 0 Å². The largest absolute Gasteiger partial charge is 0.373 e. The van der Waals surface area contributed by atoms with Crippen molar-refractivity contribution in [1.82, 2.24) is 9.88 Å². The van der Waals surface area contributed by atoms with Crippen LogP contribution in [0.15, 0.2) is 42.6 Å². The highest BCUT2D eigenvalue weighted by Gasteiger charge is 2.49. The van der Waals surface area contributed by atoms with Crippen LogP contribution in [0, 0.1) is 29.1 Å². The summed E-state index contributed by atoms with van der Waals surface area (Å²) in [6.45, 7) is 8.41. The number of fused-ring (bicyclic) bond motifs is 1. The fraction of sp³-hybridized carbons (Fsp3) is 0.464. The van der Waals surface area contributed by atoms with Crippen LogP contribution in [-0.2, 0) is 29.7 Å². The van der Waals surface area contributed by atoms with Gasteiger partial charge in [-0.3, -0.25) is 9.88 Å². The van der Waals surface area contributed by atoms with Gasteiger partial charge in [-0.25, -0.2) is 8.78 Å². The first-order valence-corrected chi connectivity index (χ1v) is 13.0. The normalized spacial score (nSPS) is 23.0. The zero-order chi connectivity index (χ0) is 24.8. The monoisotopic (exact) mass is 500 g/mol. The Labute approximate surface area is 209 Å². The van der Waals surface area contributed by atoms with E-state index in [1.165, 1.54) is 29.5 Å². The second-order valence-electron chi connectivity index (χ2n) is 10.5. The fourth-order valence-electron chi connectivity index (χ4n) is 5.67. The number of aromatic nitrogens is 1. The van der Waals surface area contributed by atoms with Crippen molar-refractivity contribution in [2.75, 3.05) is 13.1 Å². The number of aryl methyl sites for hydroxylation is 2. The van der Waals surface area contributed by atoms with Gasteiger partial charge in [-0.05, 0) is 100 Å². The lowest BCUT2D eigenvalue weighted by Crippen LogP contribution is -2.46. The third kappa shape index (κ3) is 4.78. The van der Waals surface area contributed by atoms with Gasteiger partial charge < -0.3 is 4.74 Å². The molecule has 0 saturated carbocycles. The van der Waals surface area contributed by atoms with E-state index in [1.807, 2.05) is 25.3 Å². The zero-order valence-corrected chi connectivity index (χ0v) is 21.2. The van der Waals surface area contributed by atoms with Crippen LogP contribution >= 0.6 is 11.3 Å². The second kappa shape index (κ2) is 9.34. The first-order chi connectivity index (χ1) is 16.7. The molecule has 1 fully saturated rings. The number of thiophene rings is 1. The summed E-state index contributed by atoms with van der Waals surface area (Å²) in [4.78, 5) is 8.01. The van der Waals surface area contributed by atoms with E-state index >= 15 is 0 Å². The molecule has 35 heavy (non-hydrogen) atoms. The van der Waals surface area contributed by atoms with Crippen molar-refractivity contribution in [2.45, 2.75) is 64.7 Å². The van der Waals surface area contributed by atoms with Crippen molar-refractivity contribution in [3.63, 3.8) is 0 Å². The Morgan fingerprint density at radius 3 is 2.57 bits per heavy atom. The predicted molar refractivity (Wildman–Crippen MR) is 132 cm³/mol. The van der Waals surface area contributed by atoms with Gasteiger partial charge in [0.15, 0.2) is 16.8 Å². The Bertz CT molecular complexity index is 1210. The molecule has 0 N–H and O–H groups in total. The van der Waals surface area contributed by atoms with Crippen molar-refractivity contribution in [3.8, 4) is 0 Å². The molecule has 0 bridgehead atoms. The SMILES string of the molecule is Cc1ccc(C(C)(C)N2CCC(CCc3ccc(F)s3)(C3Cc4cc(F)c(F)cc4CO3)C2)cn1. The number of benzene rings is 1. The molecule has 0 amide bonds. The summed E-state index contributed by atoms with van der Waals surface area (Å²) in [5.74, 6) is -1.64. The van der Waals surface area contributed by atoms with Crippen LogP contribution in [0.1, 0.15) is 54.0 Å². The van der Waals surface area contributed by atoms with Gasteiger partial charge in [-0.15, -0.1) is 11.3 Å². The summed E-state index contributed by atoms with van der Waals surface area (Å²) in [5, 5.41) is -0.171. The zero-order valence-electron chi connectivity index (χ0n) is 20.4. The first-order valence-electron chi connectivity index (χ1n) is 12.2. The quantitative estimate of drug-likeness (QED) is 0.383. The van der Waals surface area contributed by atoms with E-state index < -0.39 is 11.6 Å². The van der Waals surface area contributed by atoms with Crippen molar-refractivity contribution in [3.05, 3.63) is 86.6 Å². The number of hydrogen-bond donors (Lipinski definition) is 0. The van der Waals surface area contributed by atoms with Crippen LogP contribution in [0.4, 0.5) is 13.2 Å². The van der Waals surface area contributed by atoms with Gasteiger partial charge >= 0.3 is 0 Å². The molecule has 5 rings (SSSR count). The Hall–Kier alpha value is -2.22. The molecule has 1 aromatic carbocycles. The molecule has 3 nitrogen and oxygen atoms in total. The Kier molecular flexibility index (Phi) is 6.53. The smallest absolute Gasteiger partial charge is 0.176 e.